The molecule has 1 N–H and O–H groups in total. The minimum Gasteiger partial charge on any atom is -0.381 e. The molecule has 1 fully saturated rings. The minimum atomic E-state index is -0.166. The second-order valence-electron chi connectivity index (χ2n) is 4.21. The van der Waals surface area contributed by atoms with E-state index < -0.39 is 0 Å². The molecular formula is C12H17N3O2. The number of hydrogen-bond donors (Lipinski definition) is 1. The van der Waals surface area contributed by atoms with Crippen LogP contribution in [0.5, 0.6) is 0 Å². The van der Waals surface area contributed by atoms with Crippen molar-refractivity contribution >= 4 is 5.91 Å². The summed E-state index contributed by atoms with van der Waals surface area (Å²) in [5, 5.41) is 7.16. The highest BCUT2D eigenvalue weighted by Gasteiger charge is 2.35. The fourth-order valence-electron chi connectivity index (χ4n) is 2.11. The highest BCUT2D eigenvalue weighted by Crippen LogP contribution is 2.27. The van der Waals surface area contributed by atoms with Crippen molar-refractivity contribution in [3.05, 3.63) is 31.1 Å². The molecule has 5 heteroatoms. The van der Waals surface area contributed by atoms with Crippen LogP contribution in [0, 0.1) is 0 Å². The summed E-state index contributed by atoms with van der Waals surface area (Å²) in [5.41, 5.74) is -0.166. The van der Waals surface area contributed by atoms with Crippen molar-refractivity contribution in [1.29, 1.82) is 0 Å². The Morgan fingerprint density at radius 2 is 2.35 bits per heavy atom. The highest BCUT2D eigenvalue weighted by atomic mass is 16.5. The van der Waals surface area contributed by atoms with Crippen molar-refractivity contribution < 1.29 is 9.53 Å². The fraction of sp³-hybridized carbons (Fsp3) is 0.500. The maximum absolute atomic E-state index is 11.3. The van der Waals surface area contributed by atoms with Crippen LogP contribution in [0.15, 0.2) is 31.1 Å². The van der Waals surface area contributed by atoms with Crippen LogP contribution in [0.2, 0.25) is 0 Å². The number of carbonyl (C=O) groups excluding carboxylic acids is 1. The van der Waals surface area contributed by atoms with Gasteiger partial charge in [0.2, 0.25) is 5.91 Å². The van der Waals surface area contributed by atoms with E-state index in [0.29, 0.717) is 19.8 Å². The summed E-state index contributed by atoms with van der Waals surface area (Å²) in [6.45, 7) is 5.41. The number of nitrogens with one attached hydrogen (secondary N) is 1. The van der Waals surface area contributed by atoms with Crippen molar-refractivity contribution in [2.75, 3.05) is 19.8 Å². The Balaban J connectivity index is 2.12. The van der Waals surface area contributed by atoms with Crippen LogP contribution in [-0.2, 0) is 15.1 Å². The molecule has 1 aromatic rings. The molecule has 1 saturated heterocycles. The Labute approximate surface area is 100 Å². The number of hydrogen-bond acceptors (Lipinski definition) is 3. The lowest BCUT2D eigenvalue weighted by molar-refractivity contribution is -0.117. The molecule has 0 spiro atoms. The van der Waals surface area contributed by atoms with E-state index in [1.165, 1.54) is 6.08 Å². The first-order chi connectivity index (χ1) is 8.27. The summed E-state index contributed by atoms with van der Waals surface area (Å²) in [4.78, 5) is 11.3. The first kappa shape index (κ1) is 11.9. The molecule has 92 valence electrons. The fourth-order valence-corrected chi connectivity index (χ4v) is 2.11. The van der Waals surface area contributed by atoms with Crippen LogP contribution in [0.1, 0.15) is 12.8 Å². The third-order valence-electron chi connectivity index (χ3n) is 3.19. The normalized spacial score (nSPS) is 18.6. The van der Waals surface area contributed by atoms with Gasteiger partial charge in [0.1, 0.15) is 0 Å². The van der Waals surface area contributed by atoms with Crippen molar-refractivity contribution in [1.82, 2.24) is 15.1 Å². The summed E-state index contributed by atoms with van der Waals surface area (Å²) >= 11 is 0. The summed E-state index contributed by atoms with van der Waals surface area (Å²) < 4.78 is 7.31. The van der Waals surface area contributed by atoms with Crippen LogP contribution in [-0.4, -0.2) is 35.4 Å². The van der Waals surface area contributed by atoms with Crippen molar-refractivity contribution in [3.8, 4) is 0 Å². The predicted octanol–water partition coefficient (Wildman–Crippen LogP) is 0.691. The third kappa shape index (κ3) is 2.55. The SMILES string of the molecule is C=CC(=O)NCC1(n2cccn2)CCOCC1. The van der Waals surface area contributed by atoms with Gasteiger partial charge in [-0.25, -0.2) is 0 Å². The van der Waals surface area contributed by atoms with Gasteiger partial charge in [-0.05, 0) is 25.0 Å². The van der Waals surface area contributed by atoms with E-state index in [0.717, 1.165) is 12.8 Å². The zero-order chi connectivity index (χ0) is 12.1. The standard InChI is InChI=1S/C12H17N3O2/c1-2-11(16)13-10-12(4-8-17-9-5-12)15-7-3-6-14-15/h2-3,6-7H,1,4-5,8-10H2,(H,13,16). The molecule has 0 atom stereocenters. The maximum atomic E-state index is 11.3. The quantitative estimate of drug-likeness (QED) is 0.781. The number of amides is 1. The van der Waals surface area contributed by atoms with E-state index in [1.807, 2.05) is 16.9 Å². The lowest BCUT2D eigenvalue weighted by Gasteiger charge is -2.37. The van der Waals surface area contributed by atoms with Gasteiger partial charge >= 0.3 is 0 Å². The molecule has 17 heavy (non-hydrogen) atoms. The van der Waals surface area contributed by atoms with Crippen LogP contribution in [0.25, 0.3) is 0 Å². The lowest BCUT2D eigenvalue weighted by Crippen LogP contribution is -2.48. The van der Waals surface area contributed by atoms with Crippen molar-refractivity contribution in [2.45, 2.75) is 18.4 Å². The van der Waals surface area contributed by atoms with Crippen LogP contribution in [0.4, 0.5) is 0 Å². The van der Waals surface area contributed by atoms with Gasteiger partial charge in [-0.3, -0.25) is 9.48 Å². The van der Waals surface area contributed by atoms with Gasteiger partial charge in [-0.1, -0.05) is 6.58 Å². The maximum Gasteiger partial charge on any atom is 0.243 e. The van der Waals surface area contributed by atoms with Crippen molar-refractivity contribution in [3.63, 3.8) is 0 Å². The predicted molar refractivity (Wildman–Crippen MR) is 63.5 cm³/mol. The largest absolute Gasteiger partial charge is 0.381 e. The molecule has 1 amide bonds. The van der Waals surface area contributed by atoms with Gasteiger partial charge in [-0.2, -0.15) is 5.10 Å². The molecule has 5 nitrogen and oxygen atoms in total. The van der Waals surface area contributed by atoms with Gasteiger partial charge in [0.25, 0.3) is 0 Å². The Kier molecular flexibility index (Phi) is 3.58. The smallest absolute Gasteiger partial charge is 0.243 e. The van der Waals surface area contributed by atoms with Gasteiger partial charge in [0, 0.05) is 32.2 Å². The Morgan fingerprint density at radius 1 is 1.59 bits per heavy atom. The van der Waals surface area contributed by atoms with Gasteiger partial charge in [0.15, 0.2) is 0 Å². The molecular weight excluding hydrogens is 218 g/mol. The van der Waals surface area contributed by atoms with Crippen LogP contribution < -0.4 is 5.32 Å². The molecule has 0 radical (unpaired) electrons. The average molecular weight is 235 g/mol. The highest BCUT2D eigenvalue weighted by molar-refractivity contribution is 5.86. The molecule has 0 saturated carbocycles. The monoisotopic (exact) mass is 235 g/mol. The molecule has 0 aliphatic carbocycles. The summed E-state index contributed by atoms with van der Waals surface area (Å²) in [6.07, 6.45) is 6.69. The molecule has 1 aromatic heterocycles. The Hall–Kier alpha value is -1.62. The first-order valence-electron chi connectivity index (χ1n) is 5.75. The summed E-state index contributed by atoms with van der Waals surface area (Å²) in [6, 6.07) is 1.90. The average Bonchev–Trinajstić information content (AvgIpc) is 2.91. The minimum absolute atomic E-state index is 0.150. The number of carbonyl (C=O) groups is 1. The number of rotatable bonds is 4. The first-order valence-corrected chi connectivity index (χ1v) is 5.75. The Bertz CT molecular complexity index is 380. The molecule has 2 heterocycles. The summed E-state index contributed by atoms with van der Waals surface area (Å²) in [7, 11) is 0. The molecule has 1 aliphatic heterocycles. The molecule has 0 aromatic carbocycles. The van der Waals surface area contributed by atoms with Crippen LogP contribution in [0.3, 0.4) is 0 Å². The molecule has 0 bridgehead atoms. The van der Waals surface area contributed by atoms with Gasteiger partial charge in [-0.15, -0.1) is 0 Å². The van der Waals surface area contributed by atoms with E-state index >= 15 is 0 Å². The molecule has 0 unspecified atom stereocenters. The topological polar surface area (TPSA) is 56.2 Å². The van der Waals surface area contributed by atoms with Crippen molar-refractivity contribution in [2.24, 2.45) is 0 Å². The zero-order valence-corrected chi connectivity index (χ0v) is 9.76. The molecule has 2 rings (SSSR count). The Morgan fingerprint density at radius 3 is 2.94 bits per heavy atom. The number of ether oxygens (including phenoxy) is 1. The second kappa shape index (κ2) is 5.14. The molecule has 1 aliphatic rings. The van der Waals surface area contributed by atoms with E-state index in [4.69, 9.17) is 4.74 Å². The van der Waals surface area contributed by atoms with Gasteiger partial charge < -0.3 is 10.1 Å². The van der Waals surface area contributed by atoms with E-state index in [2.05, 4.69) is 17.0 Å². The number of nitrogens with zero attached hydrogens (tertiary/aromatic N) is 2. The van der Waals surface area contributed by atoms with E-state index in [1.54, 1.807) is 6.20 Å². The third-order valence-corrected chi connectivity index (χ3v) is 3.19. The van der Waals surface area contributed by atoms with Gasteiger partial charge in [0.05, 0.1) is 5.54 Å². The number of aromatic nitrogens is 2. The summed E-state index contributed by atoms with van der Waals surface area (Å²) in [5.74, 6) is -0.150. The lowest BCUT2D eigenvalue weighted by atomic mass is 9.90. The van der Waals surface area contributed by atoms with E-state index in [9.17, 15) is 4.79 Å². The second-order valence-corrected chi connectivity index (χ2v) is 4.21. The zero-order valence-electron chi connectivity index (χ0n) is 9.76. The van der Waals surface area contributed by atoms with E-state index in [-0.39, 0.29) is 11.4 Å². The van der Waals surface area contributed by atoms with Crippen LogP contribution >= 0.6 is 0 Å².